The van der Waals surface area contributed by atoms with Crippen molar-refractivity contribution >= 4 is 0 Å². The van der Waals surface area contributed by atoms with E-state index in [-0.39, 0.29) is 0 Å². The smallest absolute Gasteiger partial charge is 0.0522 e. The van der Waals surface area contributed by atoms with Crippen molar-refractivity contribution in [3.05, 3.63) is 17.1 Å². The molecule has 1 rings (SSSR count). The SMILES string of the molecule is CC#[N+]/C=C\C1CCC1. The van der Waals surface area contributed by atoms with Crippen molar-refractivity contribution in [2.24, 2.45) is 5.92 Å². The van der Waals surface area contributed by atoms with Crippen LogP contribution in [0.25, 0.3) is 4.85 Å². The van der Waals surface area contributed by atoms with Crippen molar-refractivity contribution in [3.63, 3.8) is 0 Å². The minimum atomic E-state index is 0.821. The first kappa shape index (κ1) is 6.35. The molecule has 0 N–H and O–H groups in total. The molecule has 0 saturated heterocycles. The Morgan fingerprint density at radius 1 is 1.56 bits per heavy atom. The Hall–Kier alpha value is -0.770. The van der Waals surface area contributed by atoms with Gasteiger partial charge in [-0.25, -0.2) is 0 Å². The van der Waals surface area contributed by atoms with E-state index in [1.54, 1.807) is 0 Å². The monoisotopic (exact) mass is 122 g/mol. The maximum atomic E-state index is 3.86. The Labute approximate surface area is 56.2 Å². The topological polar surface area (TPSA) is 4.36 Å². The average molecular weight is 122 g/mol. The molecule has 1 heteroatoms. The number of hydrogen-bond acceptors (Lipinski definition) is 0. The highest BCUT2D eigenvalue weighted by molar-refractivity contribution is 5.01. The minimum absolute atomic E-state index is 0.821. The lowest BCUT2D eigenvalue weighted by Crippen LogP contribution is -2.06. The molecule has 0 amide bonds. The lowest BCUT2D eigenvalue weighted by Gasteiger charge is -2.19. The quantitative estimate of drug-likeness (QED) is 0.503. The van der Waals surface area contributed by atoms with E-state index in [4.69, 9.17) is 0 Å². The second kappa shape index (κ2) is 3.29. The minimum Gasteiger partial charge on any atom is -0.0522 e. The van der Waals surface area contributed by atoms with E-state index in [1.165, 1.54) is 19.3 Å². The van der Waals surface area contributed by atoms with Gasteiger partial charge in [0.15, 0.2) is 0 Å². The second-order valence-corrected chi connectivity index (χ2v) is 2.39. The van der Waals surface area contributed by atoms with Crippen molar-refractivity contribution in [1.29, 1.82) is 0 Å². The van der Waals surface area contributed by atoms with Gasteiger partial charge in [0.2, 0.25) is 0 Å². The summed E-state index contributed by atoms with van der Waals surface area (Å²) in [7, 11) is 0. The summed E-state index contributed by atoms with van der Waals surface area (Å²) in [5.74, 6) is 0.821. The Morgan fingerprint density at radius 2 is 2.33 bits per heavy atom. The van der Waals surface area contributed by atoms with E-state index >= 15 is 0 Å². The zero-order chi connectivity index (χ0) is 6.53. The zero-order valence-electron chi connectivity index (χ0n) is 5.80. The van der Waals surface area contributed by atoms with Gasteiger partial charge in [-0.15, -0.1) is 0 Å². The third-order valence-corrected chi connectivity index (χ3v) is 1.71. The van der Waals surface area contributed by atoms with Gasteiger partial charge in [-0.05, 0) is 23.6 Å². The van der Waals surface area contributed by atoms with E-state index < -0.39 is 0 Å². The van der Waals surface area contributed by atoms with Gasteiger partial charge in [0, 0.05) is 6.08 Å². The Balaban J connectivity index is 2.19. The van der Waals surface area contributed by atoms with Crippen LogP contribution in [0.4, 0.5) is 0 Å². The number of allylic oxidation sites excluding steroid dienone is 1. The molecule has 1 nitrogen and oxygen atoms in total. The summed E-state index contributed by atoms with van der Waals surface area (Å²) in [4.78, 5) is 3.86. The molecule has 0 aromatic heterocycles. The lowest BCUT2D eigenvalue weighted by atomic mass is 9.86. The van der Waals surface area contributed by atoms with Gasteiger partial charge < -0.3 is 0 Å². The third kappa shape index (κ3) is 1.89. The number of rotatable bonds is 1. The van der Waals surface area contributed by atoms with E-state index in [0.717, 1.165) is 5.92 Å². The molecule has 0 aromatic carbocycles. The normalized spacial score (nSPS) is 18.8. The first-order valence-corrected chi connectivity index (χ1v) is 3.46. The standard InChI is InChI=1S/C8H12N/c1-2-9-7-6-8-4-3-5-8/h6-8H,3-5H2,1H3/q+1/b7-6-. The van der Waals surface area contributed by atoms with Crippen LogP contribution in [0.5, 0.6) is 0 Å². The highest BCUT2D eigenvalue weighted by atomic mass is 14.6. The van der Waals surface area contributed by atoms with Crippen LogP contribution >= 0.6 is 0 Å². The molecule has 0 spiro atoms. The molecule has 1 fully saturated rings. The largest absolute Gasteiger partial charge is 0.301 e. The fraction of sp³-hybridized carbons (Fsp3) is 0.625. The van der Waals surface area contributed by atoms with E-state index in [1.807, 2.05) is 13.1 Å². The molecular formula is C8H12N+. The van der Waals surface area contributed by atoms with E-state index in [9.17, 15) is 0 Å². The summed E-state index contributed by atoms with van der Waals surface area (Å²) in [6.45, 7) is 1.81. The Bertz CT molecular complexity index is 155. The summed E-state index contributed by atoms with van der Waals surface area (Å²) in [6, 6.07) is 2.71. The molecule has 9 heavy (non-hydrogen) atoms. The van der Waals surface area contributed by atoms with Crippen molar-refractivity contribution in [1.82, 2.24) is 0 Å². The van der Waals surface area contributed by atoms with Gasteiger partial charge in [0.05, 0.1) is 6.92 Å². The van der Waals surface area contributed by atoms with Crippen molar-refractivity contribution in [3.8, 4) is 6.07 Å². The summed E-state index contributed by atoms with van der Waals surface area (Å²) in [6.07, 6.45) is 8.13. The lowest BCUT2D eigenvalue weighted by molar-refractivity contribution is 0.388. The molecule has 0 bridgehead atoms. The van der Waals surface area contributed by atoms with Crippen molar-refractivity contribution in [2.45, 2.75) is 26.2 Å². The predicted molar refractivity (Wildman–Crippen MR) is 39.4 cm³/mol. The van der Waals surface area contributed by atoms with Crippen molar-refractivity contribution in [2.75, 3.05) is 0 Å². The molecule has 48 valence electrons. The second-order valence-electron chi connectivity index (χ2n) is 2.39. The van der Waals surface area contributed by atoms with Crippen LogP contribution in [0.1, 0.15) is 26.2 Å². The maximum absolute atomic E-state index is 3.86. The van der Waals surface area contributed by atoms with Crippen LogP contribution in [-0.4, -0.2) is 0 Å². The van der Waals surface area contributed by atoms with Crippen LogP contribution in [-0.2, 0) is 0 Å². The fourth-order valence-corrected chi connectivity index (χ4v) is 0.872. The first-order valence-electron chi connectivity index (χ1n) is 3.46. The van der Waals surface area contributed by atoms with Crippen LogP contribution in [0, 0.1) is 12.0 Å². The van der Waals surface area contributed by atoms with E-state index in [0.29, 0.717) is 0 Å². The molecule has 1 aliphatic carbocycles. The van der Waals surface area contributed by atoms with E-state index in [2.05, 4.69) is 17.0 Å². The summed E-state index contributed by atoms with van der Waals surface area (Å²) in [5, 5.41) is 0. The molecular weight excluding hydrogens is 110 g/mol. The molecule has 0 aromatic rings. The molecule has 0 unspecified atom stereocenters. The molecule has 0 aliphatic heterocycles. The number of hydrogen-bond donors (Lipinski definition) is 0. The van der Waals surface area contributed by atoms with Crippen molar-refractivity contribution < 1.29 is 0 Å². The van der Waals surface area contributed by atoms with Gasteiger partial charge in [-0.3, -0.25) is 0 Å². The molecule has 0 heterocycles. The average Bonchev–Trinajstić information content (AvgIpc) is 1.76. The Morgan fingerprint density at radius 3 is 2.78 bits per heavy atom. The van der Waals surface area contributed by atoms with Crippen LogP contribution < -0.4 is 0 Å². The van der Waals surface area contributed by atoms with Crippen LogP contribution in [0.3, 0.4) is 0 Å². The molecule has 1 aliphatic rings. The first-order chi connectivity index (χ1) is 4.43. The molecule has 0 radical (unpaired) electrons. The summed E-state index contributed by atoms with van der Waals surface area (Å²) < 4.78 is 0. The molecule has 1 saturated carbocycles. The van der Waals surface area contributed by atoms with Crippen LogP contribution in [0.2, 0.25) is 0 Å². The zero-order valence-corrected chi connectivity index (χ0v) is 5.80. The highest BCUT2D eigenvalue weighted by Crippen LogP contribution is 2.27. The van der Waals surface area contributed by atoms with Gasteiger partial charge >= 0.3 is 6.20 Å². The van der Waals surface area contributed by atoms with Gasteiger partial charge in [0.25, 0.3) is 6.07 Å². The van der Waals surface area contributed by atoms with Crippen LogP contribution in [0.15, 0.2) is 12.3 Å². The summed E-state index contributed by atoms with van der Waals surface area (Å²) in [5.41, 5.74) is 0. The van der Waals surface area contributed by atoms with Gasteiger partial charge in [-0.1, -0.05) is 6.42 Å². The summed E-state index contributed by atoms with van der Waals surface area (Å²) >= 11 is 0. The number of nitrogens with zero attached hydrogens (tertiary/aromatic N) is 1. The highest BCUT2D eigenvalue weighted by Gasteiger charge is 2.14. The third-order valence-electron chi connectivity index (χ3n) is 1.71. The van der Waals surface area contributed by atoms with Gasteiger partial charge in [0.1, 0.15) is 0 Å². The predicted octanol–water partition coefficient (Wildman–Crippen LogP) is 2.65. The maximum Gasteiger partial charge on any atom is 0.301 e. The van der Waals surface area contributed by atoms with Gasteiger partial charge in [-0.2, -0.15) is 0 Å². The Kier molecular flexibility index (Phi) is 2.32. The molecule has 0 atom stereocenters. The fourth-order valence-electron chi connectivity index (χ4n) is 0.872.